The zero-order chi connectivity index (χ0) is 22.8. The fourth-order valence-corrected chi connectivity index (χ4v) is 4.60. The van der Waals surface area contributed by atoms with Crippen molar-refractivity contribution in [3.8, 4) is 0 Å². The third kappa shape index (κ3) is 5.28. The summed E-state index contributed by atoms with van der Waals surface area (Å²) in [5, 5.41) is 6.14. The van der Waals surface area contributed by atoms with Crippen molar-refractivity contribution >= 4 is 17.7 Å². The van der Waals surface area contributed by atoms with Crippen molar-refractivity contribution in [2.24, 2.45) is 11.3 Å². The third-order valence-electron chi connectivity index (χ3n) is 6.45. The van der Waals surface area contributed by atoms with E-state index in [2.05, 4.69) is 22.8 Å². The van der Waals surface area contributed by atoms with Crippen LogP contribution in [0.3, 0.4) is 0 Å². The number of likely N-dealkylation sites (tertiary alicyclic amines) is 1. The minimum atomic E-state index is -0.661. The number of fused-ring (bicyclic) bond motifs is 1. The second-order valence-electron chi connectivity index (χ2n) is 10.3. The normalized spacial score (nSPS) is 22.1. The van der Waals surface area contributed by atoms with Gasteiger partial charge in [0, 0.05) is 12.5 Å². The molecule has 1 aromatic carbocycles. The van der Waals surface area contributed by atoms with Crippen molar-refractivity contribution in [2.45, 2.75) is 84.8 Å². The van der Waals surface area contributed by atoms with Gasteiger partial charge in [-0.25, -0.2) is 0 Å². The van der Waals surface area contributed by atoms with Crippen molar-refractivity contribution in [2.75, 3.05) is 6.54 Å². The molecule has 1 aliphatic carbocycles. The predicted octanol–water partition coefficient (Wildman–Crippen LogP) is 3.36. The Morgan fingerprint density at radius 1 is 1.06 bits per heavy atom. The Kier molecular flexibility index (Phi) is 7.07. The Morgan fingerprint density at radius 2 is 1.77 bits per heavy atom. The summed E-state index contributed by atoms with van der Waals surface area (Å²) >= 11 is 0. The summed E-state index contributed by atoms with van der Waals surface area (Å²) in [5.41, 5.74) is 2.03. The van der Waals surface area contributed by atoms with E-state index in [1.165, 1.54) is 11.1 Å². The molecule has 1 fully saturated rings. The molecule has 0 unspecified atom stereocenters. The molecule has 170 valence electrons. The average Bonchev–Trinajstić information content (AvgIpc) is 3.20. The molecule has 1 aliphatic heterocycles. The second-order valence-corrected chi connectivity index (χ2v) is 10.3. The molecule has 3 amide bonds. The smallest absolute Gasteiger partial charge is 0.246 e. The van der Waals surface area contributed by atoms with E-state index in [0.717, 1.165) is 25.7 Å². The van der Waals surface area contributed by atoms with E-state index >= 15 is 0 Å². The quantitative estimate of drug-likeness (QED) is 0.756. The fourth-order valence-electron chi connectivity index (χ4n) is 4.60. The summed E-state index contributed by atoms with van der Waals surface area (Å²) in [6, 6.07) is 7.12. The molecule has 0 radical (unpaired) electrons. The SMILES string of the molecule is CC(C)C(=O)N[C@H](C(=O)N1CCC[C@H]1C(=O)N[C@@H]1CCCc2ccccc21)C(C)(C)C. The van der Waals surface area contributed by atoms with Crippen molar-refractivity contribution in [3.63, 3.8) is 0 Å². The lowest BCUT2D eigenvalue weighted by molar-refractivity contribution is -0.144. The number of hydrogen-bond donors (Lipinski definition) is 2. The number of carbonyl (C=O) groups excluding carboxylic acids is 3. The van der Waals surface area contributed by atoms with E-state index in [0.29, 0.717) is 13.0 Å². The van der Waals surface area contributed by atoms with Crippen LogP contribution < -0.4 is 10.6 Å². The van der Waals surface area contributed by atoms with Crippen LogP contribution in [0.25, 0.3) is 0 Å². The van der Waals surface area contributed by atoms with E-state index in [4.69, 9.17) is 0 Å². The van der Waals surface area contributed by atoms with Gasteiger partial charge in [0.2, 0.25) is 17.7 Å². The number of nitrogens with zero attached hydrogens (tertiary/aromatic N) is 1. The van der Waals surface area contributed by atoms with Gasteiger partial charge < -0.3 is 15.5 Å². The van der Waals surface area contributed by atoms with Crippen LogP contribution in [0.5, 0.6) is 0 Å². The molecule has 0 bridgehead atoms. The summed E-state index contributed by atoms with van der Waals surface area (Å²) in [5.74, 6) is -0.604. The van der Waals surface area contributed by atoms with E-state index in [1.54, 1.807) is 4.90 Å². The van der Waals surface area contributed by atoms with Gasteiger partial charge in [-0.15, -0.1) is 0 Å². The monoisotopic (exact) mass is 427 g/mol. The molecule has 3 atom stereocenters. The Labute approximate surface area is 186 Å². The standard InChI is InChI=1S/C25H37N3O3/c1-16(2)22(29)27-21(25(3,4)5)24(31)28-15-9-14-20(28)23(30)26-19-13-8-11-17-10-6-7-12-18(17)19/h6-7,10,12,16,19-21H,8-9,11,13-15H2,1-5H3,(H,26,30)(H,27,29)/t19-,20+,21-/m1/s1. The van der Waals surface area contributed by atoms with Crippen molar-refractivity contribution in [1.82, 2.24) is 15.5 Å². The number of nitrogens with one attached hydrogen (secondary N) is 2. The molecule has 3 rings (SSSR count). The van der Waals surface area contributed by atoms with E-state index in [1.807, 2.05) is 46.8 Å². The second kappa shape index (κ2) is 9.41. The molecule has 6 nitrogen and oxygen atoms in total. The first-order valence-corrected chi connectivity index (χ1v) is 11.6. The fraction of sp³-hybridized carbons (Fsp3) is 0.640. The van der Waals surface area contributed by atoms with E-state index in [9.17, 15) is 14.4 Å². The van der Waals surface area contributed by atoms with Crippen molar-refractivity contribution in [3.05, 3.63) is 35.4 Å². The first-order chi connectivity index (χ1) is 14.6. The maximum absolute atomic E-state index is 13.5. The summed E-state index contributed by atoms with van der Waals surface area (Å²) in [7, 11) is 0. The summed E-state index contributed by atoms with van der Waals surface area (Å²) in [4.78, 5) is 40.8. The van der Waals surface area contributed by atoms with Crippen LogP contribution in [0.4, 0.5) is 0 Å². The number of aryl methyl sites for hydroxylation is 1. The molecular weight excluding hydrogens is 390 g/mol. The highest BCUT2D eigenvalue weighted by atomic mass is 16.2. The summed E-state index contributed by atoms with van der Waals surface area (Å²) in [6.45, 7) is 10.0. The average molecular weight is 428 g/mol. The molecule has 0 aromatic heterocycles. The van der Waals surface area contributed by atoms with Crippen molar-refractivity contribution in [1.29, 1.82) is 0 Å². The highest BCUT2D eigenvalue weighted by Crippen LogP contribution is 2.31. The molecular formula is C25H37N3O3. The Morgan fingerprint density at radius 3 is 2.45 bits per heavy atom. The van der Waals surface area contributed by atoms with E-state index in [-0.39, 0.29) is 29.7 Å². The van der Waals surface area contributed by atoms with Gasteiger partial charge in [0.15, 0.2) is 0 Å². The van der Waals surface area contributed by atoms with Crippen LogP contribution >= 0.6 is 0 Å². The van der Waals surface area contributed by atoms with Gasteiger partial charge in [0.25, 0.3) is 0 Å². The molecule has 2 aliphatic rings. The number of benzene rings is 1. The lowest BCUT2D eigenvalue weighted by Crippen LogP contribution is -2.58. The Bertz CT molecular complexity index is 828. The minimum Gasteiger partial charge on any atom is -0.347 e. The van der Waals surface area contributed by atoms with Crippen LogP contribution in [-0.2, 0) is 20.8 Å². The third-order valence-corrected chi connectivity index (χ3v) is 6.45. The van der Waals surface area contributed by atoms with E-state index < -0.39 is 17.5 Å². The number of carbonyl (C=O) groups is 3. The summed E-state index contributed by atoms with van der Waals surface area (Å²) < 4.78 is 0. The van der Waals surface area contributed by atoms with Crippen LogP contribution in [0.2, 0.25) is 0 Å². The van der Waals surface area contributed by atoms with Crippen LogP contribution in [0.15, 0.2) is 24.3 Å². The molecule has 1 saturated heterocycles. The van der Waals surface area contributed by atoms with Crippen LogP contribution in [-0.4, -0.2) is 41.2 Å². The van der Waals surface area contributed by atoms with Gasteiger partial charge in [-0.3, -0.25) is 14.4 Å². The lowest BCUT2D eigenvalue weighted by atomic mass is 9.85. The molecule has 0 spiro atoms. The van der Waals surface area contributed by atoms with Gasteiger partial charge in [0.05, 0.1) is 6.04 Å². The number of hydrogen-bond acceptors (Lipinski definition) is 3. The van der Waals surface area contributed by atoms with Gasteiger partial charge in [0.1, 0.15) is 12.1 Å². The molecule has 6 heteroatoms. The molecule has 1 aromatic rings. The largest absolute Gasteiger partial charge is 0.347 e. The zero-order valence-corrected chi connectivity index (χ0v) is 19.5. The zero-order valence-electron chi connectivity index (χ0n) is 19.5. The van der Waals surface area contributed by atoms with Gasteiger partial charge in [-0.2, -0.15) is 0 Å². The molecule has 31 heavy (non-hydrogen) atoms. The first kappa shape index (κ1) is 23.3. The van der Waals surface area contributed by atoms with Gasteiger partial charge in [-0.1, -0.05) is 58.9 Å². The van der Waals surface area contributed by atoms with Crippen LogP contribution in [0, 0.1) is 11.3 Å². The minimum absolute atomic E-state index is 0.00550. The number of amides is 3. The first-order valence-electron chi connectivity index (χ1n) is 11.6. The maximum atomic E-state index is 13.5. The number of rotatable bonds is 5. The Hall–Kier alpha value is -2.37. The van der Waals surface area contributed by atoms with Crippen molar-refractivity contribution < 1.29 is 14.4 Å². The molecule has 1 heterocycles. The maximum Gasteiger partial charge on any atom is 0.246 e. The summed E-state index contributed by atoms with van der Waals surface area (Å²) in [6.07, 6.45) is 4.45. The topological polar surface area (TPSA) is 78.5 Å². The van der Waals surface area contributed by atoms with Crippen LogP contribution in [0.1, 0.15) is 77.5 Å². The highest BCUT2D eigenvalue weighted by Gasteiger charge is 2.42. The lowest BCUT2D eigenvalue weighted by Gasteiger charge is -2.36. The molecule has 0 saturated carbocycles. The highest BCUT2D eigenvalue weighted by molar-refractivity contribution is 5.93. The predicted molar refractivity (Wildman–Crippen MR) is 121 cm³/mol. The van der Waals surface area contributed by atoms with Gasteiger partial charge >= 0.3 is 0 Å². The molecule has 2 N–H and O–H groups in total. The Balaban J connectivity index is 1.74. The van der Waals surface area contributed by atoms with Gasteiger partial charge in [-0.05, 0) is 48.6 Å².